The number of rotatable bonds is 1. The molecule has 0 saturated carbocycles. The van der Waals surface area contributed by atoms with Crippen LogP contribution in [0, 0.1) is 0 Å². The maximum Gasteiger partial charge on any atom is 0.113 e. The van der Waals surface area contributed by atoms with E-state index >= 15 is 0 Å². The lowest BCUT2D eigenvalue weighted by molar-refractivity contribution is 0.589. The van der Waals surface area contributed by atoms with Crippen LogP contribution in [0.2, 0.25) is 0 Å². The monoisotopic (exact) mass is 142 g/mol. The lowest BCUT2D eigenvalue weighted by Gasteiger charge is -2.29. The molecule has 54 valence electrons. The molecule has 0 aromatic heterocycles. The van der Waals surface area contributed by atoms with Gasteiger partial charge in [0.1, 0.15) is 7.85 Å². The van der Waals surface area contributed by atoms with Gasteiger partial charge < -0.3 is 0 Å². The Kier molecular flexibility index (Phi) is 1.52. The molecule has 11 heavy (non-hydrogen) atoms. The van der Waals surface area contributed by atoms with Crippen LogP contribution < -0.4 is 5.46 Å². The highest BCUT2D eigenvalue weighted by atomic mass is 14.3. The van der Waals surface area contributed by atoms with E-state index in [2.05, 4.69) is 19.1 Å². The van der Waals surface area contributed by atoms with Crippen molar-refractivity contribution < 1.29 is 0 Å². The lowest BCUT2D eigenvalue weighted by atomic mass is 9.74. The van der Waals surface area contributed by atoms with E-state index < -0.39 is 0 Å². The van der Waals surface area contributed by atoms with Crippen molar-refractivity contribution in [2.75, 3.05) is 0 Å². The Balaban J connectivity index is 2.35. The topological polar surface area (TPSA) is 0 Å². The van der Waals surface area contributed by atoms with Gasteiger partial charge in [-0.15, -0.1) is 0 Å². The van der Waals surface area contributed by atoms with Crippen molar-refractivity contribution in [2.45, 2.75) is 25.7 Å². The molecule has 1 aromatic carbocycles. The van der Waals surface area contributed by atoms with Crippen LogP contribution in [-0.2, 0) is 6.42 Å². The maximum absolute atomic E-state index is 5.65. The Labute approximate surface area is 69.0 Å². The van der Waals surface area contributed by atoms with E-state index in [1.165, 1.54) is 24.0 Å². The number of hydrogen-bond acceptors (Lipinski definition) is 0. The average molecular weight is 142 g/mol. The molecule has 1 aliphatic rings. The van der Waals surface area contributed by atoms with E-state index in [1.54, 1.807) is 0 Å². The second-order valence-corrected chi connectivity index (χ2v) is 3.27. The fourth-order valence-electron chi connectivity index (χ4n) is 1.81. The molecule has 0 aliphatic heterocycles. The van der Waals surface area contributed by atoms with E-state index in [1.807, 2.05) is 6.07 Å². The Bertz CT molecular complexity index is 278. The van der Waals surface area contributed by atoms with Crippen LogP contribution in [0.4, 0.5) is 0 Å². The molecule has 1 unspecified atom stereocenters. The summed E-state index contributed by atoms with van der Waals surface area (Å²) in [6, 6.07) is 6.27. The summed E-state index contributed by atoms with van der Waals surface area (Å²) in [6.07, 6.45) is 2.49. The van der Waals surface area contributed by atoms with Crippen molar-refractivity contribution in [1.29, 1.82) is 0 Å². The third kappa shape index (κ3) is 0.992. The van der Waals surface area contributed by atoms with Gasteiger partial charge in [-0.2, -0.15) is 0 Å². The summed E-state index contributed by atoms with van der Waals surface area (Å²) in [6.45, 7) is 2.24. The highest BCUT2D eigenvalue weighted by Crippen LogP contribution is 2.36. The fraction of sp³-hybridized carbons (Fsp3) is 0.400. The molecule has 1 atom stereocenters. The SMILES string of the molecule is [B]c1ccc2c(c1)CC2CC. The fourth-order valence-corrected chi connectivity index (χ4v) is 1.81. The normalized spacial score (nSPS) is 20.6. The quantitative estimate of drug-likeness (QED) is 0.521. The first-order chi connectivity index (χ1) is 5.31. The Hall–Kier alpha value is -0.715. The van der Waals surface area contributed by atoms with Gasteiger partial charge in [0.05, 0.1) is 0 Å². The second kappa shape index (κ2) is 2.40. The summed E-state index contributed by atoms with van der Waals surface area (Å²) in [5.41, 5.74) is 3.87. The molecule has 2 rings (SSSR count). The van der Waals surface area contributed by atoms with Gasteiger partial charge in [0.2, 0.25) is 0 Å². The molecule has 0 fully saturated rings. The van der Waals surface area contributed by atoms with Crippen molar-refractivity contribution in [3.63, 3.8) is 0 Å². The first-order valence-corrected chi connectivity index (χ1v) is 4.19. The summed E-state index contributed by atoms with van der Waals surface area (Å²) in [5, 5.41) is 0. The molecule has 0 saturated heterocycles. The maximum atomic E-state index is 5.65. The van der Waals surface area contributed by atoms with Crippen LogP contribution in [0.5, 0.6) is 0 Å². The van der Waals surface area contributed by atoms with Gasteiger partial charge in [-0.3, -0.25) is 0 Å². The summed E-state index contributed by atoms with van der Waals surface area (Å²) in [7, 11) is 5.65. The number of hydrogen-bond donors (Lipinski definition) is 0. The third-order valence-electron chi connectivity index (χ3n) is 2.57. The Morgan fingerprint density at radius 1 is 1.55 bits per heavy atom. The molecular weight excluding hydrogens is 131 g/mol. The summed E-state index contributed by atoms with van der Waals surface area (Å²) < 4.78 is 0. The van der Waals surface area contributed by atoms with E-state index in [4.69, 9.17) is 7.85 Å². The predicted octanol–water partition coefficient (Wildman–Crippen LogP) is 1.53. The molecule has 2 radical (unpaired) electrons. The van der Waals surface area contributed by atoms with Crippen molar-refractivity contribution in [3.8, 4) is 0 Å². The first kappa shape index (κ1) is 6.96. The van der Waals surface area contributed by atoms with Crippen LogP contribution in [0.15, 0.2) is 18.2 Å². The smallest absolute Gasteiger partial charge is 0.0964 e. The lowest BCUT2D eigenvalue weighted by Crippen LogP contribution is -2.19. The molecule has 0 N–H and O–H groups in total. The molecule has 0 bridgehead atoms. The zero-order valence-electron chi connectivity index (χ0n) is 6.80. The molecule has 0 amide bonds. The first-order valence-electron chi connectivity index (χ1n) is 4.19. The van der Waals surface area contributed by atoms with E-state index in [-0.39, 0.29) is 0 Å². The Morgan fingerprint density at radius 2 is 2.36 bits per heavy atom. The predicted molar refractivity (Wildman–Crippen MR) is 48.6 cm³/mol. The van der Waals surface area contributed by atoms with E-state index in [0.717, 1.165) is 11.4 Å². The van der Waals surface area contributed by atoms with Crippen molar-refractivity contribution in [1.82, 2.24) is 0 Å². The minimum atomic E-state index is 0.811. The van der Waals surface area contributed by atoms with Gasteiger partial charge >= 0.3 is 0 Å². The molecule has 0 heterocycles. The Morgan fingerprint density at radius 3 is 3.00 bits per heavy atom. The number of fused-ring (bicyclic) bond motifs is 1. The molecular formula is C10H11B. The third-order valence-corrected chi connectivity index (χ3v) is 2.57. The van der Waals surface area contributed by atoms with Gasteiger partial charge in [0, 0.05) is 0 Å². The zero-order valence-corrected chi connectivity index (χ0v) is 6.80. The highest BCUT2D eigenvalue weighted by Gasteiger charge is 2.23. The average Bonchev–Trinajstić information content (AvgIpc) is 1.95. The minimum Gasteiger partial charge on any atom is -0.0964 e. The van der Waals surface area contributed by atoms with Crippen LogP contribution in [0.1, 0.15) is 30.4 Å². The van der Waals surface area contributed by atoms with Crippen LogP contribution in [0.25, 0.3) is 0 Å². The van der Waals surface area contributed by atoms with Crippen molar-refractivity contribution in [2.24, 2.45) is 0 Å². The van der Waals surface area contributed by atoms with Crippen LogP contribution in [0.3, 0.4) is 0 Å². The van der Waals surface area contributed by atoms with Gasteiger partial charge in [-0.1, -0.05) is 30.6 Å². The molecule has 0 spiro atoms. The summed E-state index contributed by atoms with van der Waals surface area (Å²) >= 11 is 0. The van der Waals surface area contributed by atoms with Gasteiger partial charge in [-0.25, -0.2) is 0 Å². The van der Waals surface area contributed by atoms with Crippen molar-refractivity contribution >= 4 is 13.3 Å². The van der Waals surface area contributed by atoms with Crippen LogP contribution >= 0.6 is 0 Å². The summed E-state index contributed by atoms with van der Waals surface area (Å²) in [5.74, 6) is 0.811. The van der Waals surface area contributed by atoms with E-state index in [0.29, 0.717) is 0 Å². The van der Waals surface area contributed by atoms with E-state index in [9.17, 15) is 0 Å². The highest BCUT2D eigenvalue weighted by molar-refractivity contribution is 6.32. The summed E-state index contributed by atoms with van der Waals surface area (Å²) in [4.78, 5) is 0. The van der Waals surface area contributed by atoms with Crippen molar-refractivity contribution in [3.05, 3.63) is 29.3 Å². The minimum absolute atomic E-state index is 0.811. The standard InChI is InChI=1S/C10H11B/c1-2-7-5-8-6-9(11)3-4-10(7)8/h3-4,6-7H,2,5H2,1H3. The van der Waals surface area contributed by atoms with Gasteiger partial charge in [0.15, 0.2) is 0 Å². The molecule has 1 aromatic rings. The zero-order chi connectivity index (χ0) is 7.84. The number of benzene rings is 1. The molecule has 1 heteroatoms. The molecule has 0 nitrogen and oxygen atoms in total. The van der Waals surface area contributed by atoms with Gasteiger partial charge in [0.25, 0.3) is 0 Å². The molecule has 1 aliphatic carbocycles. The largest absolute Gasteiger partial charge is 0.113 e. The second-order valence-electron chi connectivity index (χ2n) is 3.27. The van der Waals surface area contributed by atoms with Gasteiger partial charge in [-0.05, 0) is 29.9 Å². The van der Waals surface area contributed by atoms with Crippen LogP contribution in [-0.4, -0.2) is 7.85 Å².